The number of unbranched alkanes of at least 4 members (excludes halogenated alkanes) is 14. The summed E-state index contributed by atoms with van der Waals surface area (Å²) in [5, 5.41) is 17.7. The average Bonchev–Trinajstić information content (AvgIpc) is 2.62. The van der Waals surface area contributed by atoms with E-state index in [0.29, 0.717) is 6.42 Å². The number of rotatable bonds is 19. The van der Waals surface area contributed by atoms with E-state index >= 15 is 0 Å². The van der Waals surface area contributed by atoms with E-state index in [1.807, 2.05) is 0 Å². The molecule has 0 saturated heterocycles. The third kappa shape index (κ3) is 23.1. The molecular formula is C21H43KO4. The molecule has 152 valence electrons. The molecule has 0 amide bonds. The van der Waals surface area contributed by atoms with Crippen LogP contribution in [0.1, 0.15) is 111 Å². The molecule has 0 aromatic carbocycles. The van der Waals surface area contributed by atoms with E-state index in [0.717, 1.165) is 12.8 Å². The summed E-state index contributed by atoms with van der Waals surface area (Å²) in [7, 11) is 0. The third-order valence-corrected chi connectivity index (χ3v) is 4.63. The zero-order valence-corrected chi connectivity index (χ0v) is 20.6. The van der Waals surface area contributed by atoms with Gasteiger partial charge in [0, 0.05) is 6.42 Å². The number of esters is 1. The van der Waals surface area contributed by atoms with Gasteiger partial charge in [-0.2, -0.15) is 0 Å². The zero-order chi connectivity index (χ0) is 18.6. The van der Waals surface area contributed by atoms with Crippen LogP contribution in [-0.2, 0) is 9.53 Å². The van der Waals surface area contributed by atoms with E-state index in [9.17, 15) is 4.79 Å². The van der Waals surface area contributed by atoms with Gasteiger partial charge in [-0.05, 0) is 6.42 Å². The van der Waals surface area contributed by atoms with Crippen LogP contribution in [0.4, 0.5) is 0 Å². The Labute approximate surface area is 205 Å². The Balaban J connectivity index is -0.00000288. The molecule has 0 radical (unpaired) electrons. The fourth-order valence-corrected chi connectivity index (χ4v) is 2.95. The molecule has 0 saturated carbocycles. The van der Waals surface area contributed by atoms with Gasteiger partial charge in [0.15, 0.2) is 0 Å². The molecule has 2 N–H and O–H groups in total. The van der Waals surface area contributed by atoms with Crippen LogP contribution in [0.25, 0.3) is 0 Å². The van der Waals surface area contributed by atoms with Crippen LogP contribution in [0.15, 0.2) is 0 Å². The van der Waals surface area contributed by atoms with E-state index in [1.165, 1.54) is 83.5 Å². The largest absolute Gasteiger partial charge is 1.00 e. The monoisotopic (exact) mass is 398 g/mol. The molecule has 0 spiro atoms. The van der Waals surface area contributed by atoms with Crippen molar-refractivity contribution in [2.45, 2.75) is 116 Å². The van der Waals surface area contributed by atoms with Crippen LogP contribution in [0.3, 0.4) is 0 Å². The summed E-state index contributed by atoms with van der Waals surface area (Å²) in [6.07, 6.45) is 19.0. The fraction of sp³-hybridized carbons (Fsp3) is 0.952. The SMILES string of the molecule is CCCCCCCCCCCCCCCCCC(=O)OCC(O)CO.[H-].[K+]. The number of carbonyl (C=O) groups excluding carboxylic acids is 1. The predicted molar refractivity (Wildman–Crippen MR) is 105 cm³/mol. The summed E-state index contributed by atoms with van der Waals surface area (Å²) in [4.78, 5) is 11.4. The molecule has 0 rings (SSSR count). The maximum atomic E-state index is 11.4. The normalized spacial score (nSPS) is 11.8. The smallest absolute Gasteiger partial charge is 1.00 e. The molecule has 1 unspecified atom stereocenters. The van der Waals surface area contributed by atoms with Crippen LogP contribution in [-0.4, -0.2) is 35.5 Å². The first-order chi connectivity index (χ1) is 12.2. The molecule has 0 aromatic heterocycles. The summed E-state index contributed by atoms with van der Waals surface area (Å²) in [6.45, 7) is 1.79. The van der Waals surface area contributed by atoms with Gasteiger partial charge in [0.1, 0.15) is 12.7 Å². The van der Waals surface area contributed by atoms with E-state index in [1.54, 1.807) is 0 Å². The maximum Gasteiger partial charge on any atom is 1.00 e. The summed E-state index contributed by atoms with van der Waals surface area (Å²) >= 11 is 0. The first-order valence-corrected chi connectivity index (χ1v) is 10.6. The second-order valence-electron chi connectivity index (χ2n) is 7.22. The minimum atomic E-state index is -0.954. The summed E-state index contributed by atoms with van der Waals surface area (Å²) in [5.41, 5.74) is 0. The van der Waals surface area contributed by atoms with E-state index < -0.39 is 6.10 Å². The van der Waals surface area contributed by atoms with Crippen LogP contribution < -0.4 is 51.4 Å². The third-order valence-electron chi connectivity index (χ3n) is 4.63. The quantitative estimate of drug-likeness (QED) is 0.199. The topological polar surface area (TPSA) is 66.8 Å². The molecule has 0 aromatic rings. The standard InChI is InChI=1S/C21H42O4.K.H/c1-2-3-4-5-6-7-8-9-10-11-12-13-14-15-16-17-21(24)25-19-20(23)18-22;;/h20,22-23H,2-19H2,1H3;;/q;+1;-1. The maximum absolute atomic E-state index is 11.4. The Bertz CT molecular complexity index is 293. The van der Waals surface area contributed by atoms with Gasteiger partial charge < -0.3 is 16.4 Å². The van der Waals surface area contributed by atoms with Crippen molar-refractivity contribution in [1.82, 2.24) is 0 Å². The molecule has 5 heteroatoms. The Hall–Kier alpha value is 1.03. The molecule has 0 fully saturated rings. The van der Waals surface area contributed by atoms with Gasteiger partial charge in [-0.1, -0.05) is 96.8 Å². The van der Waals surface area contributed by atoms with E-state index in [4.69, 9.17) is 14.9 Å². The number of ether oxygens (including phenoxy) is 1. The van der Waals surface area contributed by atoms with Gasteiger partial charge in [-0.25, -0.2) is 0 Å². The molecular weight excluding hydrogens is 355 g/mol. The molecule has 0 aliphatic heterocycles. The second kappa shape index (κ2) is 24.1. The minimum absolute atomic E-state index is 0. The van der Waals surface area contributed by atoms with Crippen molar-refractivity contribution < 1.29 is 72.6 Å². The number of carbonyl (C=O) groups is 1. The molecule has 26 heavy (non-hydrogen) atoms. The fourth-order valence-electron chi connectivity index (χ4n) is 2.95. The van der Waals surface area contributed by atoms with Crippen molar-refractivity contribution in [3.05, 3.63) is 0 Å². The van der Waals surface area contributed by atoms with Crippen molar-refractivity contribution in [3.63, 3.8) is 0 Å². The Morgan fingerprint density at radius 1 is 0.808 bits per heavy atom. The molecule has 0 aliphatic carbocycles. The summed E-state index contributed by atoms with van der Waals surface area (Å²) in [5.74, 6) is -0.276. The van der Waals surface area contributed by atoms with Gasteiger partial charge in [0.2, 0.25) is 0 Å². The van der Waals surface area contributed by atoms with Crippen LogP contribution in [0, 0.1) is 0 Å². The van der Waals surface area contributed by atoms with Crippen LogP contribution in [0.2, 0.25) is 0 Å². The predicted octanol–water partition coefficient (Wildman–Crippen LogP) is 2.26. The van der Waals surface area contributed by atoms with Gasteiger partial charge in [0.25, 0.3) is 0 Å². The molecule has 1 atom stereocenters. The first kappa shape index (κ1) is 29.2. The molecule has 0 heterocycles. The van der Waals surface area contributed by atoms with E-state index in [2.05, 4.69) is 6.92 Å². The summed E-state index contributed by atoms with van der Waals surface area (Å²) in [6, 6.07) is 0. The van der Waals surface area contributed by atoms with Crippen molar-refractivity contribution in [3.8, 4) is 0 Å². The van der Waals surface area contributed by atoms with Crippen LogP contribution in [0.5, 0.6) is 0 Å². The van der Waals surface area contributed by atoms with Gasteiger partial charge in [-0.3, -0.25) is 4.79 Å². The summed E-state index contributed by atoms with van der Waals surface area (Å²) < 4.78 is 4.86. The molecule has 4 nitrogen and oxygen atoms in total. The Morgan fingerprint density at radius 3 is 1.58 bits per heavy atom. The molecule has 0 aliphatic rings. The number of aliphatic hydroxyl groups is 2. The first-order valence-electron chi connectivity index (χ1n) is 10.6. The minimum Gasteiger partial charge on any atom is -1.00 e. The van der Waals surface area contributed by atoms with Crippen molar-refractivity contribution in [1.29, 1.82) is 0 Å². The Morgan fingerprint density at radius 2 is 1.19 bits per heavy atom. The van der Waals surface area contributed by atoms with Crippen LogP contribution >= 0.6 is 0 Å². The van der Waals surface area contributed by atoms with Crippen molar-refractivity contribution in [2.24, 2.45) is 0 Å². The van der Waals surface area contributed by atoms with E-state index in [-0.39, 0.29) is 72.0 Å². The number of aliphatic hydroxyl groups excluding tert-OH is 2. The van der Waals surface area contributed by atoms with Crippen molar-refractivity contribution in [2.75, 3.05) is 13.2 Å². The molecule has 0 bridgehead atoms. The van der Waals surface area contributed by atoms with Gasteiger partial charge in [0.05, 0.1) is 6.61 Å². The zero-order valence-electron chi connectivity index (χ0n) is 18.5. The van der Waals surface area contributed by atoms with Gasteiger partial charge in [-0.15, -0.1) is 0 Å². The number of hydrogen-bond acceptors (Lipinski definition) is 4. The van der Waals surface area contributed by atoms with Gasteiger partial charge >= 0.3 is 57.4 Å². The second-order valence-corrected chi connectivity index (χ2v) is 7.22. The van der Waals surface area contributed by atoms with Crippen molar-refractivity contribution >= 4 is 5.97 Å². The average molecular weight is 399 g/mol. The number of hydrogen-bond donors (Lipinski definition) is 2. The Kier molecular flexibility index (Phi) is 27.1.